The molecule has 0 saturated heterocycles. The van der Waals surface area contributed by atoms with Crippen LogP contribution in [0.2, 0.25) is 5.02 Å². The van der Waals surface area contributed by atoms with Crippen molar-refractivity contribution in [1.29, 1.82) is 0 Å². The molecule has 118 valence electrons. The fourth-order valence-corrected chi connectivity index (χ4v) is 3.90. The lowest BCUT2D eigenvalue weighted by atomic mass is 9.89. The predicted octanol–water partition coefficient (Wildman–Crippen LogP) is 3.46. The Morgan fingerprint density at radius 1 is 1.13 bits per heavy atom. The van der Waals surface area contributed by atoms with E-state index in [1.165, 1.54) is 5.56 Å². The maximum atomic E-state index is 12.7. The summed E-state index contributed by atoms with van der Waals surface area (Å²) in [5.41, 5.74) is 3.87. The second-order valence-electron chi connectivity index (χ2n) is 5.76. The van der Waals surface area contributed by atoms with Gasteiger partial charge in [0, 0.05) is 6.54 Å². The van der Waals surface area contributed by atoms with Crippen molar-refractivity contribution in [2.75, 3.05) is 20.8 Å². The summed E-state index contributed by atoms with van der Waals surface area (Å²) in [7, 11) is 3.25. The van der Waals surface area contributed by atoms with Crippen molar-refractivity contribution >= 4 is 17.5 Å². The molecule has 0 bridgehead atoms. The Morgan fingerprint density at radius 3 is 2.61 bits per heavy atom. The van der Waals surface area contributed by atoms with Gasteiger partial charge >= 0.3 is 0 Å². The van der Waals surface area contributed by atoms with Crippen molar-refractivity contribution in [2.45, 2.75) is 12.5 Å². The molecular formula is C18H16ClNO3. The first-order valence-electron chi connectivity index (χ1n) is 7.50. The first-order chi connectivity index (χ1) is 11.2. The molecule has 2 aliphatic rings. The molecular weight excluding hydrogens is 314 g/mol. The van der Waals surface area contributed by atoms with Crippen LogP contribution in [0, 0.1) is 0 Å². The van der Waals surface area contributed by atoms with E-state index in [4.69, 9.17) is 21.1 Å². The highest BCUT2D eigenvalue weighted by atomic mass is 35.5. The van der Waals surface area contributed by atoms with E-state index < -0.39 is 0 Å². The molecule has 2 aliphatic heterocycles. The van der Waals surface area contributed by atoms with E-state index in [2.05, 4.69) is 0 Å². The third kappa shape index (κ3) is 1.94. The molecule has 1 amide bonds. The summed E-state index contributed by atoms with van der Waals surface area (Å²) < 4.78 is 10.8. The zero-order valence-electron chi connectivity index (χ0n) is 12.9. The smallest absolute Gasteiger partial charge is 0.256 e. The standard InChI is InChI=1S/C18H16ClNO3/c1-22-14-8-10-6-7-20-17(12(10)9-15(14)23-2)11-4-3-5-13(19)16(11)18(20)21/h3-5,8-9,17H,6-7H2,1-2H3. The lowest BCUT2D eigenvalue weighted by Crippen LogP contribution is -2.35. The summed E-state index contributed by atoms with van der Waals surface area (Å²) >= 11 is 6.27. The van der Waals surface area contributed by atoms with E-state index in [0.29, 0.717) is 22.9 Å². The molecule has 0 fully saturated rings. The lowest BCUT2D eigenvalue weighted by molar-refractivity contribution is 0.0740. The lowest BCUT2D eigenvalue weighted by Gasteiger charge is -2.33. The molecule has 4 rings (SSSR count). The third-order valence-corrected chi connectivity index (χ3v) is 5.00. The van der Waals surface area contributed by atoms with E-state index in [-0.39, 0.29) is 11.9 Å². The molecule has 2 aromatic carbocycles. The van der Waals surface area contributed by atoms with Gasteiger partial charge in [0.2, 0.25) is 0 Å². The Balaban J connectivity index is 1.93. The number of benzene rings is 2. The van der Waals surface area contributed by atoms with Gasteiger partial charge in [0.05, 0.1) is 30.8 Å². The maximum absolute atomic E-state index is 12.7. The average molecular weight is 330 g/mol. The molecule has 2 heterocycles. The number of amides is 1. The Bertz CT molecular complexity index is 818. The number of carbonyl (C=O) groups is 1. The minimum atomic E-state index is -0.0974. The quantitative estimate of drug-likeness (QED) is 0.847. The van der Waals surface area contributed by atoms with Gasteiger partial charge in [-0.2, -0.15) is 0 Å². The van der Waals surface area contributed by atoms with Crippen LogP contribution >= 0.6 is 11.6 Å². The van der Waals surface area contributed by atoms with Gasteiger partial charge in [0.25, 0.3) is 5.91 Å². The van der Waals surface area contributed by atoms with E-state index in [1.807, 2.05) is 29.2 Å². The number of fused-ring (bicyclic) bond motifs is 5. The third-order valence-electron chi connectivity index (χ3n) is 4.69. The average Bonchev–Trinajstić information content (AvgIpc) is 2.87. The van der Waals surface area contributed by atoms with Gasteiger partial charge in [-0.15, -0.1) is 0 Å². The van der Waals surface area contributed by atoms with Crippen LogP contribution in [0.25, 0.3) is 0 Å². The molecule has 0 aliphatic carbocycles. The number of nitrogens with zero attached hydrogens (tertiary/aromatic N) is 1. The number of hydrogen-bond acceptors (Lipinski definition) is 3. The molecule has 0 saturated carbocycles. The van der Waals surface area contributed by atoms with Gasteiger partial charge in [-0.3, -0.25) is 4.79 Å². The van der Waals surface area contributed by atoms with Crippen LogP contribution < -0.4 is 9.47 Å². The Labute approximate surface area is 139 Å². The molecule has 2 aromatic rings. The van der Waals surface area contributed by atoms with Gasteiger partial charge in [-0.05, 0) is 41.3 Å². The minimum Gasteiger partial charge on any atom is -0.493 e. The number of carbonyl (C=O) groups excluding carboxylic acids is 1. The zero-order valence-corrected chi connectivity index (χ0v) is 13.7. The molecule has 0 spiro atoms. The summed E-state index contributed by atoms with van der Waals surface area (Å²) in [4.78, 5) is 14.6. The van der Waals surface area contributed by atoms with Gasteiger partial charge in [-0.25, -0.2) is 0 Å². The van der Waals surface area contributed by atoms with Gasteiger partial charge in [0.1, 0.15) is 0 Å². The molecule has 1 atom stereocenters. The number of rotatable bonds is 2. The molecule has 0 aromatic heterocycles. The second-order valence-corrected chi connectivity index (χ2v) is 6.17. The van der Waals surface area contributed by atoms with E-state index >= 15 is 0 Å². The number of ether oxygens (including phenoxy) is 2. The fraction of sp³-hybridized carbons (Fsp3) is 0.278. The summed E-state index contributed by atoms with van der Waals surface area (Å²) in [6.45, 7) is 0.678. The van der Waals surface area contributed by atoms with E-state index in [9.17, 15) is 4.79 Å². The van der Waals surface area contributed by atoms with Gasteiger partial charge in [-0.1, -0.05) is 23.7 Å². The SMILES string of the molecule is COc1cc2c(cc1OC)C1c3cccc(Cl)c3C(=O)N1CC2. The highest BCUT2D eigenvalue weighted by molar-refractivity contribution is 6.34. The van der Waals surface area contributed by atoms with Crippen molar-refractivity contribution in [1.82, 2.24) is 4.90 Å². The molecule has 0 radical (unpaired) electrons. The minimum absolute atomic E-state index is 0.0102. The van der Waals surface area contributed by atoms with Gasteiger partial charge in [0.15, 0.2) is 11.5 Å². The highest BCUT2D eigenvalue weighted by Gasteiger charge is 2.42. The monoisotopic (exact) mass is 329 g/mol. The van der Waals surface area contributed by atoms with Crippen LogP contribution in [0.5, 0.6) is 11.5 Å². The number of halogens is 1. The zero-order chi connectivity index (χ0) is 16.1. The fourth-order valence-electron chi connectivity index (χ4n) is 3.64. The highest BCUT2D eigenvalue weighted by Crippen LogP contribution is 2.47. The summed E-state index contributed by atoms with van der Waals surface area (Å²) in [5, 5.41) is 0.518. The molecule has 23 heavy (non-hydrogen) atoms. The largest absolute Gasteiger partial charge is 0.493 e. The van der Waals surface area contributed by atoms with Crippen LogP contribution in [-0.2, 0) is 6.42 Å². The summed E-state index contributed by atoms with van der Waals surface area (Å²) in [6, 6.07) is 9.54. The van der Waals surface area contributed by atoms with E-state index in [0.717, 1.165) is 23.3 Å². The van der Waals surface area contributed by atoms with Crippen molar-refractivity contribution in [3.8, 4) is 11.5 Å². The molecule has 1 unspecified atom stereocenters. The molecule has 0 N–H and O–H groups in total. The normalized spacial score (nSPS) is 18.3. The van der Waals surface area contributed by atoms with E-state index in [1.54, 1.807) is 20.3 Å². The van der Waals surface area contributed by atoms with Crippen molar-refractivity contribution in [3.05, 3.63) is 57.6 Å². The van der Waals surface area contributed by atoms with Crippen molar-refractivity contribution in [3.63, 3.8) is 0 Å². The molecule has 5 heteroatoms. The van der Waals surface area contributed by atoms with Crippen LogP contribution in [0.15, 0.2) is 30.3 Å². The Hall–Kier alpha value is -2.20. The van der Waals surface area contributed by atoms with Crippen LogP contribution in [0.1, 0.15) is 33.1 Å². The van der Waals surface area contributed by atoms with Crippen molar-refractivity contribution < 1.29 is 14.3 Å². The summed E-state index contributed by atoms with van der Waals surface area (Å²) in [6.07, 6.45) is 0.795. The van der Waals surface area contributed by atoms with Crippen LogP contribution in [0.4, 0.5) is 0 Å². The first kappa shape index (κ1) is 14.4. The van der Waals surface area contributed by atoms with Crippen molar-refractivity contribution in [2.24, 2.45) is 0 Å². The second kappa shape index (κ2) is 5.17. The maximum Gasteiger partial charge on any atom is 0.256 e. The first-order valence-corrected chi connectivity index (χ1v) is 7.87. The summed E-state index contributed by atoms with van der Waals surface area (Å²) in [5.74, 6) is 1.41. The predicted molar refractivity (Wildman–Crippen MR) is 87.6 cm³/mol. The number of hydrogen-bond donors (Lipinski definition) is 0. The molecule has 4 nitrogen and oxygen atoms in total. The topological polar surface area (TPSA) is 38.8 Å². The van der Waals surface area contributed by atoms with Crippen LogP contribution in [0.3, 0.4) is 0 Å². The van der Waals surface area contributed by atoms with Crippen LogP contribution in [-0.4, -0.2) is 31.6 Å². The Kier molecular flexibility index (Phi) is 3.23. The van der Waals surface area contributed by atoms with Gasteiger partial charge < -0.3 is 14.4 Å². The Morgan fingerprint density at radius 2 is 1.87 bits per heavy atom. The number of methoxy groups -OCH3 is 2.